The van der Waals surface area contributed by atoms with Crippen LogP contribution in [0.25, 0.3) is 35.2 Å². The summed E-state index contributed by atoms with van der Waals surface area (Å²) in [4.78, 5) is 8.69. The molecule has 6 heteroatoms. The number of nitrogens with zero attached hydrogens (tertiary/aromatic N) is 3. The van der Waals surface area contributed by atoms with E-state index in [1.807, 2.05) is 78.9 Å². The Balaban J connectivity index is 1.27. The minimum Gasteiger partial charge on any atom is -0.496 e. The molecular weight excluding hydrogens is 436 g/mol. The number of nitrogens with one attached hydrogen (secondary N) is 1. The molecule has 0 aliphatic carbocycles. The fourth-order valence-electron chi connectivity index (χ4n) is 3.71. The van der Waals surface area contributed by atoms with Gasteiger partial charge in [0.1, 0.15) is 18.1 Å². The molecule has 0 amide bonds. The lowest BCUT2D eigenvalue weighted by atomic mass is 10.1. The SMILES string of the molecule is COc1cc(OCc2ccccn2)ccc1/C=C/c1cc(/C=C/c2cccc3ncccc23)[nH]n1. The summed E-state index contributed by atoms with van der Waals surface area (Å²) >= 11 is 0. The van der Waals surface area contributed by atoms with Crippen LogP contribution in [0, 0.1) is 0 Å². The molecule has 5 rings (SSSR count). The van der Waals surface area contributed by atoms with Gasteiger partial charge in [-0.1, -0.05) is 30.3 Å². The second-order valence-electron chi connectivity index (χ2n) is 7.85. The smallest absolute Gasteiger partial charge is 0.130 e. The molecule has 0 aliphatic rings. The Morgan fingerprint density at radius 3 is 2.60 bits per heavy atom. The number of aromatic amines is 1. The van der Waals surface area contributed by atoms with Gasteiger partial charge >= 0.3 is 0 Å². The molecule has 0 fully saturated rings. The molecule has 6 nitrogen and oxygen atoms in total. The molecule has 2 aromatic carbocycles. The lowest BCUT2D eigenvalue weighted by Gasteiger charge is -2.09. The average molecular weight is 461 g/mol. The van der Waals surface area contributed by atoms with Gasteiger partial charge in [0.2, 0.25) is 0 Å². The molecule has 0 saturated heterocycles. The molecule has 0 aliphatic heterocycles. The Bertz CT molecular complexity index is 1480. The number of methoxy groups -OCH3 is 1. The summed E-state index contributed by atoms with van der Waals surface area (Å²) in [5.41, 5.74) is 5.62. The van der Waals surface area contributed by atoms with E-state index in [9.17, 15) is 0 Å². The lowest BCUT2D eigenvalue weighted by Crippen LogP contribution is -1.98. The van der Waals surface area contributed by atoms with Gasteiger partial charge in [0.05, 0.1) is 29.7 Å². The van der Waals surface area contributed by atoms with Gasteiger partial charge in [-0.05, 0) is 66.3 Å². The molecule has 35 heavy (non-hydrogen) atoms. The molecule has 0 atom stereocenters. The molecule has 0 unspecified atom stereocenters. The summed E-state index contributed by atoms with van der Waals surface area (Å²) in [6, 6.07) is 23.6. The van der Waals surface area contributed by atoms with E-state index in [2.05, 4.69) is 38.4 Å². The number of H-pyrrole nitrogens is 1. The van der Waals surface area contributed by atoms with Crippen molar-refractivity contribution >= 4 is 35.2 Å². The molecular formula is C29H24N4O2. The van der Waals surface area contributed by atoms with E-state index in [1.54, 1.807) is 19.5 Å². The zero-order valence-electron chi connectivity index (χ0n) is 19.3. The van der Waals surface area contributed by atoms with Gasteiger partial charge in [0.15, 0.2) is 0 Å². The number of hydrogen-bond donors (Lipinski definition) is 1. The van der Waals surface area contributed by atoms with E-state index in [4.69, 9.17) is 9.47 Å². The van der Waals surface area contributed by atoms with Crippen LogP contribution in [0.1, 0.15) is 28.2 Å². The fourth-order valence-corrected chi connectivity index (χ4v) is 3.71. The number of rotatable bonds is 8. The van der Waals surface area contributed by atoms with Crippen LogP contribution in [-0.2, 0) is 6.61 Å². The quantitative estimate of drug-likeness (QED) is 0.295. The van der Waals surface area contributed by atoms with Gasteiger partial charge in [-0.25, -0.2) is 0 Å². The Morgan fingerprint density at radius 1 is 0.800 bits per heavy atom. The minimum absolute atomic E-state index is 0.401. The number of fused-ring (bicyclic) bond motifs is 1. The van der Waals surface area contributed by atoms with Gasteiger partial charge < -0.3 is 9.47 Å². The Morgan fingerprint density at radius 2 is 1.71 bits per heavy atom. The van der Waals surface area contributed by atoms with E-state index in [0.29, 0.717) is 6.61 Å². The molecule has 0 saturated carbocycles. The monoisotopic (exact) mass is 460 g/mol. The summed E-state index contributed by atoms with van der Waals surface area (Å²) in [5, 5.41) is 8.58. The second-order valence-corrected chi connectivity index (χ2v) is 7.85. The predicted octanol–water partition coefficient (Wildman–Crippen LogP) is 6.28. The van der Waals surface area contributed by atoms with Crippen molar-refractivity contribution in [2.24, 2.45) is 0 Å². The van der Waals surface area contributed by atoms with Crippen molar-refractivity contribution in [3.63, 3.8) is 0 Å². The first-order valence-electron chi connectivity index (χ1n) is 11.2. The van der Waals surface area contributed by atoms with Crippen LogP contribution in [-0.4, -0.2) is 27.3 Å². The highest BCUT2D eigenvalue weighted by atomic mass is 16.5. The van der Waals surface area contributed by atoms with Crippen molar-refractivity contribution in [1.29, 1.82) is 0 Å². The van der Waals surface area contributed by atoms with Gasteiger partial charge in [0.25, 0.3) is 0 Å². The maximum Gasteiger partial charge on any atom is 0.130 e. The fraction of sp³-hybridized carbons (Fsp3) is 0.0690. The van der Waals surface area contributed by atoms with E-state index in [1.165, 1.54) is 0 Å². The van der Waals surface area contributed by atoms with Crippen LogP contribution >= 0.6 is 0 Å². The van der Waals surface area contributed by atoms with Crippen LogP contribution < -0.4 is 9.47 Å². The topological polar surface area (TPSA) is 72.9 Å². The molecule has 0 bridgehead atoms. The van der Waals surface area contributed by atoms with Crippen molar-refractivity contribution in [2.75, 3.05) is 7.11 Å². The molecule has 1 N–H and O–H groups in total. The van der Waals surface area contributed by atoms with Crippen LogP contribution in [0.3, 0.4) is 0 Å². The second kappa shape index (κ2) is 10.5. The number of ether oxygens (including phenoxy) is 2. The van der Waals surface area contributed by atoms with Crippen molar-refractivity contribution < 1.29 is 9.47 Å². The highest BCUT2D eigenvalue weighted by molar-refractivity contribution is 5.90. The summed E-state index contributed by atoms with van der Waals surface area (Å²) in [5.74, 6) is 1.44. The summed E-state index contributed by atoms with van der Waals surface area (Å²) < 4.78 is 11.4. The van der Waals surface area contributed by atoms with Crippen LogP contribution in [0.4, 0.5) is 0 Å². The molecule has 3 heterocycles. The van der Waals surface area contributed by atoms with Gasteiger partial charge in [-0.2, -0.15) is 5.10 Å². The first-order valence-corrected chi connectivity index (χ1v) is 11.2. The first kappa shape index (κ1) is 22.1. The van der Waals surface area contributed by atoms with E-state index >= 15 is 0 Å². The van der Waals surface area contributed by atoms with Crippen LogP contribution in [0.5, 0.6) is 11.5 Å². The number of aromatic nitrogens is 4. The van der Waals surface area contributed by atoms with E-state index in [0.717, 1.165) is 50.6 Å². The Hall–Kier alpha value is -4.71. The van der Waals surface area contributed by atoms with Crippen LogP contribution in [0.15, 0.2) is 85.2 Å². The largest absolute Gasteiger partial charge is 0.496 e. The van der Waals surface area contributed by atoms with Crippen molar-refractivity contribution in [1.82, 2.24) is 20.2 Å². The molecule has 3 aromatic heterocycles. The molecule has 0 spiro atoms. The van der Waals surface area contributed by atoms with Gasteiger partial charge in [0, 0.05) is 29.4 Å². The third-order valence-corrected chi connectivity index (χ3v) is 5.49. The van der Waals surface area contributed by atoms with Crippen LogP contribution in [0.2, 0.25) is 0 Å². The average Bonchev–Trinajstić information content (AvgIpc) is 3.38. The molecule has 5 aromatic rings. The number of pyridine rings is 2. The lowest BCUT2D eigenvalue weighted by molar-refractivity contribution is 0.299. The van der Waals surface area contributed by atoms with Crippen molar-refractivity contribution in [3.05, 3.63) is 113 Å². The summed E-state index contributed by atoms with van der Waals surface area (Å²) in [6.07, 6.45) is 11.6. The minimum atomic E-state index is 0.401. The standard InChI is InChI=1S/C29H24N4O2/c1-34-29-19-26(35-20-25-7-2-3-16-30-25)15-12-22(29)11-14-24-18-23(32-33-24)13-10-21-6-4-9-28-27(21)8-5-17-31-28/h2-19H,20H2,1H3,(H,32,33)/b13-10+,14-11+. The summed E-state index contributed by atoms with van der Waals surface area (Å²) in [6.45, 7) is 0.401. The predicted molar refractivity (Wildman–Crippen MR) is 140 cm³/mol. The van der Waals surface area contributed by atoms with E-state index < -0.39 is 0 Å². The Labute approximate surface area is 203 Å². The first-order chi connectivity index (χ1) is 17.3. The van der Waals surface area contributed by atoms with Gasteiger partial charge in [-0.3, -0.25) is 15.1 Å². The van der Waals surface area contributed by atoms with Crippen molar-refractivity contribution in [3.8, 4) is 11.5 Å². The molecule has 0 radical (unpaired) electrons. The molecule has 172 valence electrons. The van der Waals surface area contributed by atoms with Gasteiger partial charge in [-0.15, -0.1) is 0 Å². The summed E-state index contributed by atoms with van der Waals surface area (Å²) in [7, 11) is 1.65. The number of hydrogen-bond acceptors (Lipinski definition) is 5. The highest BCUT2D eigenvalue weighted by Crippen LogP contribution is 2.27. The number of benzene rings is 2. The zero-order valence-corrected chi connectivity index (χ0v) is 19.3. The van der Waals surface area contributed by atoms with Crippen molar-refractivity contribution in [2.45, 2.75) is 6.61 Å². The normalized spacial score (nSPS) is 11.5. The highest BCUT2D eigenvalue weighted by Gasteiger charge is 2.05. The zero-order chi connectivity index (χ0) is 23.9. The maximum atomic E-state index is 5.85. The Kier molecular flexibility index (Phi) is 6.62. The third kappa shape index (κ3) is 5.45. The third-order valence-electron chi connectivity index (χ3n) is 5.49. The maximum absolute atomic E-state index is 5.85. The van der Waals surface area contributed by atoms with E-state index in [-0.39, 0.29) is 0 Å².